The molecular weight excluding hydrogens is 278 g/mol. The van der Waals surface area contributed by atoms with Gasteiger partial charge >= 0.3 is 0 Å². The van der Waals surface area contributed by atoms with Gasteiger partial charge in [-0.3, -0.25) is 4.79 Å². The van der Waals surface area contributed by atoms with Crippen molar-refractivity contribution in [3.05, 3.63) is 24.3 Å². The predicted molar refractivity (Wildman–Crippen MR) is 88.2 cm³/mol. The fourth-order valence-corrected chi connectivity index (χ4v) is 3.32. The Labute approximate surface area is 131 Å². The van der Waals surface area contributed by atoms with Crippen LogP contribution in [-0.2, 0) is 4.79 Å². The smallest absolute Gasteiger partial charge is 0.225 e. The maximum Gasteiger partial charge on any atom is 0.225 e. The molecule has 0 aliphatic carbocycles. The lowest BCUT2D eigenvalue weighted by molar-refractivity contribution is -0.116. The number of carbonyl (C=O) groups is 1. The van der Waals surface area contributed by atoms with E-state index in [1.54, 1.807) is 0 Å². The summed E-state index contributed by atoms with van der Waals surface area (Å²) in [6, 6.07) is 8.26. The van der Waals surface area contributed by atoms with Gasteiger partial charge in [0.2, 0.25) is 5.91 Å². The Morgan fingerprint density at radius 3 is 2.77 bits per heavy atom. The molecule has 1 aromatic carbocycles. The topological polar surface area (TPSA) is 64.6 Å². The molecule has 2 saturated heterocycles. The van der Waals surface area contributed by atoms with E-state index in [9.17, 15) is 9.90 Å². The molecule has 1 unspecified atom stereocenters. The predicted octanol–water partition coefficient (Wildman–Crippen LogP) is 1.73. The highest BCUT2D eigenvalue weighted by Crippen LogP contribution is 2.28. The van der Waals surface area contributed by atoms with Gasteiger partial charge in [-0.2, -0.15) is 0 Å². The van der Waals surface area contributed by atoms with E-state index in [2.05, 4.69) is 15.5 Å². The number of rotatable bonds is 4. The van der Waals surface area contributed by atoms with Crippen LogP contribution in [0.15, 0.2) is 24.3 Å². The van der Waals surface area contributed by atoms with Crippen molar-refractivity contribution in [3.8, 4) is 0 Å². The summed E-state index contributed by atoms with van der Waals surface area (Å²) in [5.41, 5.74) is 1.93. The maximum atomic E-state index is 12.2. The van der Waals surface area contributed by atoms with E-state index in [1.807, 2.05) is 24.3 Å². The molecule has 2 aliphatic heterocycles. The average Bonchev–Trinajstić information content (AvgIpc) is 3.01. The molecule has 1 amide bonds. The molecule has 3 rings (SSSR count). The number of hydrogen-bond acceptors (Lipinski definition) is 4. The Bertz CT molecular complexity index is 506. The summed E-state index contributed by atoms with van der Waals surface area (Å²) in [5.74, 6) is 0.0731. The van der Waals surface area contributed by atoms with Crippen molar-refractivity contribution in [1.29, 1.82) is 0 Å². The zero-order valence-corrected chi connectivity index (χ0v) is 12.9. The van der Waals surface area contributed by atoms with Crippen molar-refractivity contribution < 1.29 is 9.90 Å². The first-order valence-electron chi connectivity index (χ1n) is 8.27. The summed E-state index contributed by atoms with van der Waals surface area (Å²) < 4.78 is 0. The minimum Gasteiger partial charge on any atom is -0.393 e. The van der Waals surface area contributed by atoms with Crippen LogP contribution in [0, 0.1) is 0 Å². The molecule has 2 heterocycles. The Hall–Kier alpha value is -1.59. The molecule has 5 heteroatoms. The van der Waals surface area contributed by atoms with Crippen LogP contribution < -0.4 is 15.5 Å². The lowest BCUT2D eigenvalue weighted by Crippen LogP contribution is -2.36. The number of aliphatic hydroxyl groups excluding tert-OH is 1. The standard InChI is InChI=1S/C17H25N3O2/c21-14-7-10-20(11-8-14)16-6-2-1-5-15(16)19-17(22)12-13-4-3-9-18-13/h1-2,5-6,13-14,18,21H,3-4,7-12H2,(H,19,22). The van der Waals surface area contributed by atoms with Gasteiger partial charge in [0.05, 0.1) is 17.5 Å². The number of aliphatic hydroxyl groups is 1. The number of carbonyl (C=O) groups excluding carboxylic acids is 1. The SMILES string of the molecule is O=C(CC1CCCN1)Nc1ccccc1N1CCC(O)CC1. The van der Waals surface area contributed by atoms with Gasteiger partial charge in [0, 0.05) is 25.6 Å². The van der Waals surface area contributed by atoms with Crippen LogP contribution in [0.5, 0.6) is 0 Å². The Morgan fingerprint density at radius 2 is 2.05 bits per heavy atom. The third kappa shape index (κ3) is 3.78. The van der Waals surface area contributed by atoms with E-state index >= 15 is 0 Å². The van der Waals surface area contributed by atoms with E-state index < -0.39 is 0 Å². The minimum atomic E-state index is -0.188. The van der Waals surface area contributed by atoms with Crippen LogP contribution in [0.3, 0.4) is 0 Å². The second kappa shape index (κ2) is 7.11. The number of hydrogen-bond donors (Lipinski definition) is 3. The van der Waals surface area contributed by atoms with E-state index in [4.69, 9.17) is 0 Å². The molecule has 22 heavy (non-hydrogen) atoms. The highest BCUT2D eigenvalue weighted by atomic mass is 16.3. The summed E-state index contributed by atoms with van der Waals surface area (Å²) >= 11 is 0. The zero-order chi connectivity index (χ0) is 15.4. The molecule has 0 saturated carbocycles. The number of nitrogens with one attached hydrogen (secondary N) is 2. The maximum absolute atomic E-state index is 12.2. The molecule has 2 aliphatic rings. The van der Waals surface area contributed by atoms with E-state index in [0.717, 1.165) is 56.7 Å². The summed E-state index contributed by atoms with van der Waals surface area (Å²) in [5, 5.41) is 16.1. The molecule has 0 spiro atoms. The fraction of sp³-hybridized carbons (Fsp3) is 0.588. The molecule has 2 fully saturated rings. The van der Waals surface area contributed by atoms with Crippen LogP contribution in [0.2, 0.25) is 0 Å². The van der Waals surface area contributed by atoms with E-state index in [1.165, 1.54) is 0 Å². The molecule has 1 atom stereocenters. The highest BCUT2D eigenvalue weighted by Gasteiger charge is 2.21. The molecule has 0 aromatic heterocycles. The first-order valence-corrected chi connectivity index (χ1v) is 8.27. The van der Waals surface area contributed by atoms with Crippen molar-refractivity contribution >= 4 is 17.3 Å². The molecule has 120 valence electrons. The largest absolute Gasteiger partial charge is 0.393 e. The highest BCUT2D eigenvalue weighted by molar-refractivity contribution is 5.94. The number of para-hydroxylation sites is 2. The van der Waals surface area contributed by atoms with Gasteiger partial charge in [0.25, 0.3) is 0 Å². The molecule has 0 radical (unpaired) electrons. The van der Waals surface area contributed by atoms with Crippen molar-refractivity contribution in [1.82, 2.24) is 5.32 Å². The minimum absolute atomic E-state index is 0.0731. The third-order valence-corrected chi connectivity index (χ3v) is 4.58. The van der Waals surface area contributed by atoms with Crippen molar-refractivity contribution in [3.63, 3.8) is 0 Å². The van der Waals surface area contributed by atoms with Crippen LogP contribution in [0.25, 0.3) is 0 Å². The average molecular weight is 303 g/mol. The zero-order valence-electron chi connectivity index (χ0n) is 12.9. The number of amides is 1. The quantitative estimate of drug-likeness (QED) is 0.792. The fourth-order valence-electron chi connectivity index (χ4n) is 3.32. The normalized spacial score (nSPS) is 22.8. The van der Waals surface area contributed by atoms with Gasteiger partial charge in [-0.05, 0) is 44.4 Å². The Kier molecular flexibility index (Phi) is 4.95. The number of anilines is 2. The second-order valence-corrected chi connectivity index (χ2v) is 6.28. The van der Waals surface area contributed by atoms with Gasteiger partial charge in [0.1, 0.15) is 0 Å². The Balaban J connectivity index is 1.64. The summed E-state index contributed by atoms with van der Waals surface area (Å²) in [7, 11) is 0. The third-order valence-electron chi connectivity index (χ3n) is 4.58. The lowest BCUT2D eigenvalue weighted by Gasteiger charge is -2.32. The first kappa shape index (κ1) is 15.3. The summed E-state index contributed by atoms with van der Waals surface area (Å²) in [4.78, 5) is 14.5. The molecular formula is C17H25N3O2. The number of piperidine rings is 1. The van der Waals surface area contributed by atoms with E-state index in [0.29, 0.717) is 12.5 Å². The molecule has 0 bridgehead atoms. The lowest BCUT2D eigenvalue weighted by atomic mass is 10.1. The van der Waals surface area contributed by atoms with Gasteiger partial charge < -0.3 is 20.6 Å². The van der Waals surface area contributed by atoms with Crippen LogP contribution in [-0.4, -0.2) is 42.8 Å². The Morgan fingerprint density at radius 1 is 1.27 bits per heavy atom. The van der Waals surface area contributed by atoms with Crippen LogP contribution >= 0.6 is 0 Å². The van der Waals surface area contributed by atoms with Crippen LogP contribution in [0.4, 0.5) is 11.4 Å². The van der Waals surface area contributed by atoms with Crippen molar-refractivity contribution in [2.24, 2.45) is 0 Å². The van der Waals surface area contributed by atoms with Crippen molar-refractivity contribution in [2.45, 2.75) is 44.2 Å². The number of benzene rings is 1. The van der Waals surface area contributed by atoms with Gasteiger partial charge in [-0.25, -0.2) is 0 Å². The van der Waals surface area contributed by atoms with E-state index in [-0.39, 0.29) is 12.0 Å². The summed E-state index contributed by atoms with van der Waals surface area (Å²) in [6.07, 6.45) is 4.16. The second-order valence-electron chi connectivity index (χ2n) is 6.28. The molecule has 5 nitrogen and oxygen atoms in total. The first-order chi connectivity index (χ1) is 10.7. The van der Waals surface area contributed by atoms with Gasteiger partial charge in [-0.15, -0.1) is 0 Å². The van der Waals surface area contributed by atoms with Gasteiger partial charge in [0.15, 0.2) is 0 Å². The van der Waals surface area contributed by atoms with Gasteiger partial charge in [-0.1, -0.05) is 12.1 Å². The number of nitrogens with zero attached hydrogens (tertiary/aromatic N) is 1. The van der Waals surface area contributed by atoms with Crippen molar-refractivity contribution in [2.75, 3.05) is 29.9 Å². The van der Waals surface area contributed by atoms with Crippen LogP contribution in [0.1, 0.15) is 32.1 Å². The summed E-state index contributed by atoms with van der Waals surface area (Å²) in [6.45, 7) is 2.68. The molecule has 3 N–H and O–H groups in total. The molecule has 1 aromatic rings. The monoisotopic (exact) mass is 303 g/mol.